The second-order valence-corrected chi connectivity index (χ2v) is 7.48. The standard InChI is InChI=1S/C21H23F2N3O/c22-17-7-9-20(19(23)10-17)24-21(27)26-13-16-6-8-18(26)14-25(12-16)11-15-4-2-1-3-5-15/h1-5,7,9-10,16,18H,6,8,11-14H2,(H,24,27)/t16-,18+/m0/s1. The number of nitrogens with zero attached hydrogens (tertiary/aromatic N) is 2. The van der Waals surface area contributed by atoms with Gasteiger partial charge in [-0.3, -0.25) is 4.90 Å². The van der Waals surface area contributed by atoms with E-state index in [4.69, 9.17) is 0 Å². The molecule has 2 bridgehead atoms. The van der Waals surface area contributed by atoms with Crippen LogP contribution in [0, 0.1) is 17.6 Å². The summed E-state index contributed by atoms with van der Waals surface area (Å²) in [6.07, 6.45) is 2.06. The number of rotatable bonds is 3. The highest BCUT2D eigenvalue weighted by atomic mass is 19.1. The number of urea groups is 1. The van der Waals surface area contributed by atoms with E-state index in [2.05, 4.69) is 22.3 Å². The van der Waals surface area contributed by atoms with Crippen LogP contribution in [-0.2, 0) is 6.54 Å². The van der Waals surface area contributed by atoms with Gasteiger partial charge in [0.15, 0.2) is 0 Å². The molecule has 27 heavy (non-hydrogen) atoms. The van der Waals surface area contributed by atoms with E-state index in [1.165, 1.54) is 11.6 Å². The normalized spacial score (nSPS) is 22.5. The zero-order chi connectivity index (χ0) is 18.8. The summed E-state index contributed by atoms with van der Waals surface area (Å²) in [4.78, 5) is 17.0. The molecule has 3 heterocycles. The maximum absolute atomic E-state index is 13.9. The minimum atomic E-state index is -0.756. The number of carbonyl (C=O) groups is 1. The minimum absolute atomic E-state index is 0.0164. The van der Waals surface area contributed by atoms with Crippen LogP contribution in [0.15, 0.2) is 48.5 Å². The van der Waals surface area contributed by atoms with Gasteiger partial charge >= 0.3 is 6.03 Å². The molecule has 6 heteroatoms. The van der Waals surface area contributed by atoms with Gasteiger partial charge in [0.25, 0.3) is 0 Å². The van der Waals surface area contributed by atoms with Gasteiger partial charge in [-0.25, -0.2) is 13.6 Å². The molecule has 2 aromatic carbocycles. The fraction of sp³-hybridized carbons (Fsp3) is 0.381. The highest BCUT2D eigenvalue weighted by Crippen LogP contribution is 2.29. The van der Waals surface area contributed by atoms with E-state index in [0.717, 1.165) is 44.6 Å². The van der Waals surface area contributed by atoms with Crippen LogP contribution in [0.3, 0.4) is 0 Å². The average Bonchev–Trinajstić information content (AvgIpc) is 2.95. The second kappa shape index (κ2) is 7.64. The van der Waals surface area contributed by atoms with Crippen LogP contribution in [0.4, 0.5) is 19.3 Å². The van der Waals surface area contributed by atoms with Gasteiger partial charge < -0.3 is 10.2 Å². The van der Waals surface area contributed by atoms with Gasteiger partial charge in [0.2, 0.25) is 0 Å². The van der Waals surface area contributed by atoms with Crippen molar-refractivity contribution in [2.45, 2.75) is 25.4 Å². The number of fused-ring (bicyclic) bond motifs is 4. The number of hydrogen-bond donors (Lipinski definition) is 1. The first-order valence-corrected chi connectivity index (χ1v) is 9.37. The fourth-order valence-electron chi connectivity index (χ4n) is 4.18. The van der Waals surface area contributed by atoms with Gasteiger partial charge in [-0.15, -0.1) is 0 Å². The lowest BCUT2D eigenvalue weighted by Gasteiger charge is -2.36. The maximum atomic E-state index is 13.9. The van der Waals surface area contributed by atoms with Crippen molar-refractivity contribution >= 4 is 11.7 Å². The number of anilines is 1. The SMILES string of the molecule is O=C(Nc1ccc(F)cc1F)N1C[C@H]2CC[C@@H]1CN(Cc1ccccc1)C2. The second-order valence-electron chi connectivity index (χ2n) is 7.48. The molecular weight excluding hydrogens is 348 g/mol. The van der Waals surface area contributed by atoms with Crippen molar-refractivity contribution in [1.29, 1.82) is 0 Å². The van der Waals surface area contributed by atoms with Crippen LogP contribution < -0.4 is 5.32 Å². The number of benzene rings is 2. The Bertz CT molecular complexity index is 814. The lowest BCUT2D eigenvalue weighted by molar-refractivity contribution is 0.151. The quantitative estimate of drug-likeness (QED) is 0.882. The van der Waals surface area contributed by atoms with E-state index in [0.29, 0.717) is 12.5 Å². The highest BCUT2D eigenvalue weighted by Gasteiger charge is 2.37. The average molecular weight is 371 g/mol. The molecule has 3 saturated heterocycles. The predicted octanol–water partition coefficient (Wildman–Crippen LogP) is 4.09. The summed E-state index contributed by atoms with van der Waals surface area (Å²) in [5, 5.41) is 2.61. The first-order valence-electron chi connectivity index (χ1n) is 9.37. The van der Waals surface area contributed by atoms with Crippen LogP contribution in [0.5, 0.6) is 0 Å². The molecule has 0 radical (unpaired) electrons. The summed E-state index contributed by atoms with van der Waals surface area (Å²) in [5.74, 6) is -0.999. The van der Waals surface area contributed by atoms with Crippen molar-refractivity contribution in [2.24, 2.45) is 5.92 Å². The Labute approximate surface area is 157 Å². The summed E-state index contributed by atoms with van der Waals surface area (Å²) in [6, 6.07) is 13.3. The summed E-state index contributed by atoms with van der Waals surface area (Å²) in [6.45, 7) is 3.31. The van der Waals surface area contributed by atoms with Gasteiger partial charge in [0.05, 0.1) is 5.69 Å². The molecule has 2 amide bonds. The lowest BCUT2D eigenvalue weighted by Crippen LogP contribution is -2.49. The molecule has 2 aromatic rings. The summed E-state index contributed by atoms with van der Waals surface area (Å²) >= 11 is 0. The number of carbonyl (C=O) groups excluding carboxylic acids is 1. The van der Waals surface area contributed by atoms with Crippen LogP contribution in [-0.4, -0.2) is 41.5 Å². The third-order valence-electron chi connectivity index (χ3n) is 5.47. The Hall–Kier alpha value is -2.47. The molecule has 5 rings (SSSR count). The van der Waals surface area contributed by atoms with E-state index in [-0.39, 0.29) is 17.8 Å². The smallest absolute Gasteiger partial charge is 0.320 e. The van der Waals surface area contributed by atoms with Gasteiger partial charge in [-0.2, -0.15) is 0 Å². The number of amides is 2. The van der Waals surface area contributed by atoms with Gasteiger partial charge in [0, 0.05) is 38.3 Å². The van der Waals surface area contributed by atoms with Crippen molar-refractivity contribution in [3.63, 3.8) is 0 Å². The van der Waals surface area contributed by atoms with E-state index in [9.17, 15) is 13.6 Å². The molecule has 0 aliphatic carbocycles. The molecule has 0 spiro atoms. The topological polar surface area (TPSA) is 35.6 Å². The Morgan fingerprint density at radius 1 is 1.04 bits per heavy atom. The Morgan fingerprint density at radius 2 is 1.85 bits per heavy atom. The zero-order valence-electron chi connectivity index (χ0n) is 15.1. The predicted molar refractivity (Wildman–Crippen MR) is 100 cm³/mol. The Kier molecular flexibility index (Phi) is 5.07. The van der Waals surface area contributed by atoms with Gasteiger partial charge in [-0.05, 0) is 36.5 Å². The zero-order valence-corrected chi connectivity index (χ0v) is 15.1. The molecule has 2 atom stereocenters. The van der Waals surface area contributed by atoms with E-state index < -0.39 is 11.6 Å². The number of halogens is 2. The summed E-state index contributed by atoms with van der Waals surface area (Å²) < 4.78 is 26.9. The molecule has 0 saturated carbocycles. The molecule has 1 N–H and O–H groups in total. The number of piperidine rings is 1. The van der Waals surface area contributed by atoms with Crippen LogP contribution in [0.2, 0.25) is 0 Å². The van der Waals surface area contributed by atoms with E-state index in [1.54, 1.807) is 0 Å². The van der Waals surface area contributed by atoms with Crippen molar-refractivity contribution in [3.8, 4) is 0 Å². The monoisotopic (exact) mass is 371 g/mol. The Balaban J connectivity index is 1.44. The molecule has 3 aliphatic rings. The molecule has 142 valence electrons. The molecular formula is C21H23F2N3O. The third kappa shape index (κ3) is 4.11. The van der Waals surface area contributed by atoms with Crippen molar-refractivity contribution in [2.75, 3.05) is 25.0 Å². The van der Waals surface area contributed by atoms with E-state index in [1.807, 2.05) is 23.1 Å². The number of nitrogens with one attached hydrogen (secondary N) is 1. The summed E-state index contributed by atoms with van der Waals surface area (Å²) in [5.41, 5.74) is 1.28. The first kappa shape index (κ1) is 17.9. The molecule has 0 aromatic heterocycles. The van der Waals surface area contributed by atoms with Crippen LogP contribution in [0.1, 0.15) is 18.4 Å². The summed E-state index contributed by atoms with van der Waals surface area (Å²) in [7, 11) is 0. The van der Waals surface area contributed by atoms with Crippen molar-refractivity contribution < 1.29 is 13.6 Å². The first-order chi connectivity index (χ1) is 13.1. The lowest BCUT2D eigenvalue weighted by atomic mass is 9.95. The molecule has 0 unspecified atom stereocenters. The largest absolute Gasteiger partial charge is 0.322 e. The molecule has 3 aliphatic heterocycles. The minimum Gasteiger partial charge on any atom is -0.320 e. The van der Waals surface area contributed by atoms with Gasteiger partial charge in [0.1, 0.15) is 11.6 Å². The van der Waals surface area contributed by atoms with Crippen molar-refractivity contribution in [3.05, 3.63) is 65.7 Å². The fourth-order valence-corrected chi connectivity index (χ4v) is 4.18. The van der Waals surface area contributed by atoms with Gasteiger partial charge in [-0.1, -0.05) is 30.3 Å². The van der Waals surface area contributed by atoms with Crippen LogP contribution >= 0.6 is 0 Å². The molecule has 4 nitrogen and oxygen atoms in total. The highest BCUT2D eigenvalue weighted by molar-refractivity contribution is 5.89. The maximum Gasteiger partial charge on any atom is 0.322 e. The number of hydrogen-bond acceptors (Lipinski definition) is 2. The molecule has 3 fully saturated rings. The van der Waals surface area contributed by atoms with Crippen LogP contribution in [0.25, 0.3) is 0 Å². The van der Waals surface area contributed by atoms with E-state index >= 15 is 0 Å². The van der Waals surface area contributed by atoms with Crippen molar-refractivity contribution in [1.82, 2.24) is 9.80 Å². The Morgan fingerprint density at radius 3 is 2.63 bits per heavy atom. The third-order valence-corrected chi connectivity index (χ3v) is 5.47.